The Kier molecular flexibility index (Phi) is 1.27. The second-order valence-electron chi connectivity index (χ2n) is 2.74. The Morgan fingerprint density at radius 1 is 1.45 bits per heavy atom. The quantitative estimate of drug-likeness (QED) is 0.565. The molecular weight excluding hydrogens is 157 g/mol. The molecule has 1 rings (SSSR count). The van der Waals surface area contributed by atoms with Crippen LogP contribution in [-0.2, 0) is 4.79 Å². The molecule has 61 valence electrons. The van der Waals surface area contributed by atoms with E-state index in [0.717, 1.165) is 13.0 Å². The molecule has 0 aromatic carbocycles. The summed E-state index contributed by atoms with van der Waals surface area (Å²) in [6.07, 6.45) is 1.46. The van der Waals surface area contributed by atoms with Gasteiger partial charge in [0.05, 0.1) is 0 Å². The van der Waals surface area contributed by atoms with Crippen molar-refractivity contribution in [3.05, 3.63) is 12.7 Å². The zero-order valence-electron chi connectivity index (χ0n) is 5.83. The molecule has 2 atom stereocenters. The first kappa shape index (κ1) is 8.30. The molecule has 11 heavy (non-hydrogen) atoms. The smallest absolute Gasteiger partial charge is 0.287 e. The predicted molar refractivity (Wildman–Crippen MR) is 32.8 cm³/mol. The molecule has 0 aliphatic heterocycles. The van der Waals surface area contributed by atoms with Crippen LogP contribution in [0.25, 0.3) is 0 Å². The topological polar surface area (TPSA) is 17.1 Å². The van der Waals surface area contributed by atoms with E-state index in [0.29, 0.717) is 6.29 Å². The summed E-state index contributed by atoms with van der Waals surface area (Å²) in [4.78, 5) is 9.85. The molecule has 1 aliphatic carbocycles. The average Bonchev–Trinajstić information content (AvgIpc) is 2.32. The zero-order chi connectivity index (χ0) is 8.91. The Balaban J connectivity index is 3.09. The molecule has 1 unspecified atom stereocenters. The third-order valence-corrected chi connectivity index (χ3v) is 2.29. The Morgan fingerprint density at radius 2 is 1.91 bits per heavy atom. The zero-order valence-corrected chi connectivity index (χ0v) is 5.83. The lowest BCUT2D eigenvalue weighted by molar-refractivity contribution is 0.0549. The second kappa shape index (κ2) is 1.68. The molecular formula is C7H6F3O. The van der Waals surface area contributed by atoms with Gasteiger partial charge in [-0.1, -0.05) is 6.08 Å². The van der Waals surface area contributed by atoms with Crippen molar-refractivity contribution in [2.45, 2.75) is 18.5 Å². The van der Waals surface area contributed by atoms with Crippen LogP contribution in [0.5, 0.6) is 0 Å². The molecule has 0 amide bonds. The van der Waals surface area contributed by atoms with Gasteiger partial charge >= 0.3 is 5.92 Å². The van der Waals surface area contributed by atoms with Gasteiger partial charge in [-0.05, 0) is 6.92 Å². The fourth-order valence-corrected chi connectivity index (χ4v) is 1.04. The lowest BCUT2D eigenvalue weighted by atomic mass is 10.1. The van der Waals surface area contributed by atoms with Crippen LogP contribution in [0, 0.1) is 5.41 Å². The van der Waals surface area contributed by atoms with Gasteiger partial charge in [0.1, 0.15) is 5.41 Å². The lowest BCUT2D eigenvalue weighted by Gasteiger charge is -1.97. The molecule has 0 bridgehead atoms. The molecule has 0 saturated heterocycles. The van der Waals surface area contributed by atoms with E-state index in [2.05, 4.69) is 6.58 Å². The maximum absolute atomic E-state index is 12.8. The van der Waals surface area contributed by atoms with Crippen molar-refractivity contribution in [2.24, 2.45) is 5.41 Å². The second-order valence-corrected chi connectivity index (χ2v) is 2.74. The summed E-state index contributed by atoms with van der Waals surface area (Å²) in [5.41, 5.74) is -5.23. The molecule has 0 spiro atoms. The van der Waals surface area contributed by atoms with Crippen molar-refractivity contribution in [3.63, 3.8) is 0 Å². The van der Waals surface area contributed by atoms with Crippen molar-refractivity contribution in [3.8, 4) is 0 Å². The number of rotatable bonds is 2. The van der Waals surface area contributed by atoms with Crippen LogP contribution in [-0.4, -0.2) is 17.9 Å². The van der Waals surface area contributed by atoms with Gasteiger partial charge in [-0.25, -0.2) is 13.2 Å². The normalized spacial score (nSPS) is 46.5. The van der Waals surface area contributed by atoms with E-state index in [4.69, 9.17) is 0 Å². The van der Waals surface area contributed by atoms with Crippen LogP contribution < -0.4 is 0 Å². The van der Waals surface area contributed by atoms with Crippen molar-refractivity contribution in [2.75, 3.05) is 0 Å². The van der Waals surface area contributed by atoms with Gasteiger partial charge in [-0.2, -0.15) is 0 Å². The van der Waals surface area contributed by atoms with Gasteiger partial charge in [0.25, 0.3) is 5.67 Å². The number of carbonyl (C=O) groups excluding carboxylic acids is 1. The van der Waals surface area contributed by atoms with Crippen LogP contribution in [0.15, 0.2) is 12.7 Å². The Morgan fingerprint density at radius 3 is 2.00 bits per heavy atom. The highest BCUT2D eigenvalue weighted by Gasteiger charge is 2.91. The van der Waals surface area contributed by atoms with Crippen LogP contribution in [0.2, 0.25) is 0 Å². The van der Waals surface area contributed by atoms with Crippen LogP contribution in [0.3, 0.4) is 0 Å². The number of alkyl halides is 3. The molecule has 0 N–H and O–H groups in total. The molecule has 0 aromatic heterocycles. The minimum atomic E-state index is -3.65. The number of hydrogen-bond acceptors (Lipinski definition) is 1. The fourth-order valence-electron chi connectivity index (χ4n) is 1.04. The molecule has 4 heteroatoms. The summed E-state index contributed by atoms with van der Waals surface area (Å²) in [5, 5.41) is 0. The van der Waals surface area contributed by atoms with Gasteiger partial charge in [0, 0.05) is 0 Å². The van der Waals surface area contributed by atoms with Crippen molar-refractivity contribution >= 4 is 6.29 Å². The molecule has 1 nitrogen and oxygen atoms in total. The highest BCUT2D eigenvalue weighted by Crippen LogP contribution is 2.70. The first-order chi connectivity index (χ1) is 4.87. The lowest BCUT2D eigenvalue weighted by Crippen LogP contribution is -2.14. The van der Waals surface area contributed by atoms with E-state index in [1.807, 2.05) is 0 Å². The summed E-state index contributed by atoms with van der Waals surface area (Å²) in [6, 6.07) is 0. The standard InChI is InChI=1S/C7H6F3O/c1-3-5(2)6(8,4-11)7(5,9)10/h3H,1H2,2H3/t5?,6-/m0/s1. The van der Waals surface area contributed by atoms with E-state index < -0.39 is 17.0 Å². The van der Waals surface area contributed by atoms with Crippen LogP contribution in [0.1, 0.15) is 6.92 Å². The fraction of sp³-hybridized carbons (Fsp3) is 0.571. The number of hydrogen-bond donors (Lipinski definition) is 0. The van der Waals surface area contributed by atoms with Crippen molar-refractivity contribution in [1.82, 2.24) is 0 Å². The SMILES string of the molecule is C=CC1(C)C(F)(F)[C@]1(F)[C]=O. The van der Waals surface area contributed by atoms with E-state index in [-0.39, 0.29) is 0 Å². The summed E-state index contributed by atoms with van der Waals surface area (Å²) < 4.78 is 37.9. The van der Waals surface area contributed by atoms with E-state index in [1.165, 1.54) is 0 Å². The first-order valence-corrected chi connectivity index (χ1v) is 2.97. The molecule has 0 heterocycles. The van der Waals surface area contributed by atoms with Gasteiger partial charge < -0.3 is 0 Å². The van der Waals surface area contributed by atoms with Gasteiger partial charge in [0.15, 0.2) is 0 Å². The summed E-state index contributed by atoms with van der Waals surface area (Å²) in [7, 11) is 0. The van der Waals surface area contributed by atoms with E-state index in [1.54, 1.807) is 0 Å². The van der Waals surface area contributed by atoms with Gasteiger partial charge in [-0.15, -0.1) is 6.58 Å². The largest absolute Gasteiger partial charge is 0.302 e. The van der Waals surface area contributed by atoms with Crippen LogP contribution in [0.4, 0.5) is 13.2 Å². The summed E-state index contributed by atoms with van der Waals surface area (Å²) >= 11 is 0. The van der Waals surface area contributed by atoms with E-state index in [9.17, 15) is 18.0 Å². The highest BCUT2D eigenvalue weighted by atomic mass is 19.3. The van der Waals surface area contributed by atoms with Gasteiger partial charge in [0.2, 0.25) is 6.29 Å². The maximum atomic E-state index is 12.8. The average molecular weight is 163 g/mol. The minimum absolute atomic E-state index is 0.709. The number of allylic oxidation sites excluding steroid dienone is 1. The van der Waals surface area contributed by atoms with Gasteiger partial charge in [-0.3, -0.25) is 4.79 Å². The Hall–Kier alpha value is -0.800. The van der Waals surface area contributed by atoms with Crippen molar-refractivity contribution < 1.29 is 18.0 Å². The molecule has 1 fully saturated rings. The number of halogens is 3. The van der Waals surface area contributed by atoms with Crippen molar-refractivity contribution in [1.29, 1.82) is 0 Å². The molecule has 0 aromatic rings. The predicted octanol–water partition coefficient (Wildman–Crippen LogP) is 1.65. The third-order valence-electron chi connectivity index (χ3n) is 2.29. The molecule has 1 saturated carbocycles. The molecule has 1 radical (unpaired) electrons. The third kappa shape index (κ3) is 0.523. The first-order valence-electron chi connectivity index (χ1n) is 2.97. The maximum Gasteiger partial charge on any atom is 0.302 e. The Labute approximate surface area is 61.9 Å². The monoisotopic (exact) mass is 163 g/mol. The van der Waals surface area contributed by atoms with Crippen LogP contribution >= 0.6 is 0 Å². The highest BCUT2D eigenvalue weighted by molar-refractivity contribution is 5.76. The minimum Gasteiger partial charge on any atom is -0.287 e. The summed E-state index contributed by atoms with van der Waals surface area (Å²) in [6.45, 7) is 3.97. The molecule has 1 aliphatic rings. The Bertz CT molecular complexity index is 204. The van der Waals surface area contributed by atoms with E-state index >= 15 is 0 Å². The summed E-state index contributed by atoms with van der Waals surface area (Å²) in [5.74, 6) is -3.65.